The fourth-order valence-corrected chi connectivity index (χ4v) is 4.02. The van der Waals surface area contributed by atoms with Crippen molar-refractivity contribution >= 4 is 50.1 Å². The first-order valence-electron chi connectivity index (χ1n) is 10.5. The second-order valence-electron chi connectivity index (χ2n) is 8.05. The number of hydrogen-bond donors (Lipinski definition) is 2. The minimum Gasteiger partial charge on any atom is -0.373 e. The lowest BCUT2D eigenvalue weighted by molar-refractivity contribution is 0.100. The number of anilines is 3. The van der Waals surface area contributed by atoms with Crippen LogP contribution in [0.1, 0.15) is 10.4 Å². The maximum Gasteiger partial charge on any atom is 0.250 e. The fourth-order valence-electron chi connectivity index (χ4n) is 3.55. The predicted octanol–water partition coefficient (Wildman–Crippen LogP) is 4.02. The van der Waals surface area contributed by atoms with E-state index in [1.807, 2.05) is 34.9 Å². The van der Waals surface area contributed by atoms with Crippen LogP contribution < -0.4 is 16.0 Å². The molecule has 8 nitrogen and oxygen atoms in total. The van der Waals surface area contributed by atoms with E-state index in [0.717, 1.165) is 39.8 Å². The standard InChI is InChI=1S/C24H26BrN7O/c1-30(2)12-13-31(3)16-8-9-20(19(25)14-16)28-24-27-11-10-22(29-24)32-15-18(23(26)33)17-6-4-5-7-21(17)32/h4-11,14-15H,12-13H2,1-3H3,(H2,26,33)(H,27,28,29). The highest BCUT2D eigenvalue weighted by Gasteiger charge is 2.15. The van der Waals surface area contributed by atoms with Crippen molar-refractivity contribution in [1.29, 1.82) is 0 Å². The van der Waals surface area contributed by atoms with E-state index in [1.54, 1.807) is 18.5 Å². The Kier molecular flexibility index (Phi) is 6.62. The van der Waals surface area contributed by atoms with Crippen LogP contribution >= 0.6 is 15.9 Å². The van der Waals surface area contributed by atoms with E-state index in [-0.39, 0.29) is 0 Å². The number of halogens is 1. The number of fused-ring (bicyclic) bond motifs is 1. The van der Waals surface area contributed by atoms with Gasteiger partial charge in [0.05, 0.1) is 16.8 Å². The van der Waals surface area contributed by atoms with Crippen LogP contribution in [0.3, 0.4) is 0 Å². The first-order valence-corrected chi connectivity index (χ1v) is 11.3. The minimum atomic E-state index is -0.475. The van der Waals surface area contributed by atoms with Crippen molar-refractivity contribution in [2.24, 2.45) is 5.73 Å². The Morgan fingerprint density at radius 1 is 1.12 bits per heavy atom. The summed E-state index contributed by atoms with van der Waals surface area (Å²) in [6.45, 7) is 1.90. The molecule has 2 aromatic carbocycles. The van der Waals surface area contributed by atoms with Crippen LogP contribution in [-0.4, -0.2) is 59.6 Å². The van der Waals surface area contributed by atoms with Gasteiger partial charge in [-0.3, -0.25) is 4.79 Å². The van der Waals surface area contributed by atoms with Gasteiger partial charge in [-0.25, -0.2) is 4.98 Å². The van der Waals surface area contributed by atoms with Crippen molar-refractivity contribution in [1.82, 2.24) is 19.4 Å². The van der Waals surface area contributed by atoms with Crippen molar-refractivity contribution in [2.75, 3.05) is 44.4 Å². The van der Waals surface area contributed by atoms with Crippen LogP contribution in [0, 0.1) is 0 Å². The number of aromatic nitrogens is 3. The van der Waals surface area contributed by atoms with Crippen molar-refractivity contribution in [3.05, 3.63) is 71.0 Å². The summed E-state index contributed by atoms with van der Waals surface area (Å²) in [5.74, 6) is 0.601. The summed E-state index contributed by atoms with van der Waals surface area (Å²) in [5, 5.41) is 4.06. The summed E-state index contributed by atoms with van der Waals surface area (Å²) in [7, 11) is 6.21. The van der Waals surface area contributed by atoms with E-state index < -0.39 is 5.91 Å². The molecule has 0 aliphatic carbocycles. The maximum absolute atomic E-state index is 11.9. The largest absolute Gasteiger partial charge is 0.373 e. The topological polar surface area (TPSA) is 92.3 Å². The Morgan fingerprint density at radius 3 is 2.64 bits per heavy atom. The molecule has 0 spiro atoms. The maximum atomic E-state index is 11.9. The summed E-state index contributed by atoms with van der Waals surface area (Å²) in [4.78, 5) is 25.3. The van der Waals surface area contributed by atoms with Gasteiger partial charge < -0.3 is 25.4 Å². The number of nitrogens with zero attached hydrogens (tertiary/aromatic N) is 5. The van der Waals surface area contributed by atoms with Crippen LogP contribution in [-0.2, 0) is 0 Å². The summed E-state index contributed by atoms with van der Waals surface area (Å²) < 4.78 is 2.76. The number of carbonyl (C=O) groups is 1. The smallest absolute Gasteiger partial charge is 0.250 e. The van der Waals surface area contributed by atoms with E-state index in [1.165, 1.54) is 0 Å². The van der Waals surface area contributed by atoms with Crippen LogP contribution in [0.15, 0.2) is 65.4 Å². The second kappa shape index (κ2) is 9.60. The molecule has 0 unspecified atom stereocenters. The molecule has 0 aliphatic rings. The Labute approximate surface area is 201 Å². The lowest BCUT2D eigenvalue weighted by atomic mass is 10.2. The van der Waals surface area contributed by atoms with Gasteiger partial charge in [-0.1, -0.05) is 18.2 Å². The normalized spacial score (nSPS) is 11.2. The molecule has 4 aromatic rings. The van der Waals surface area contributed by atoms with Gasteiger partial charge in [0.15, 0.2) is 0 Å². The molecular formula is C24H26BrN7O. The molecule has 0 saturated heterocycles. The van der Waals surface area contributed by atoms with Gasteiger partial charge in [0.2, 0.25) is 5.95 Å². The number of likely N-dealkylation sites (N-methyl/N-ethyl adjacent to an activating group) is 2. The van der Waals surface area contributed by atoms with Gasteiger partial charge in [0.25, 0.3) is 5.91 Å². The molecule has 0 aliphatic heterocycles. The van der Waals surface area contributed by atoms with E-state index in [4.69, 9.17) is 5.73 Å². The van der Waals surface area contributed by atoms with E-state index in [2.05, 4.69) is 74.3 Å². The van der Waals surface area contributed by atoms with Gasteiger partial charge >= 0.3 is 0 Å². The second-order valence-corrected chi connectivity index (χ2v) is 8.90. The zero-order valence-electron chi connectivity index (χ0n) is 18.8. The summed E-state index contributed by atoms with van der Waals surface area (Å²) in [6.07, 6.45) is 3.40. The Balaban J connectivity index is 1.60. The number of hydrogen-bond acceptors (Lipinski definition) is 6. The van der Waals surface area contributed by atoms with E-state index in [9.17, 15) is 4.79 Å². The molecule has 3 N–H and O–H groups in total. The number of amides is 1. The summed E-state index contributed by atoms with van der Waals surface area (Å²) in [5.41, 5.74) is 8.85. The third-order valence-electron chi connectivity index (χ3n) is 5.39. The number of benzene rings is 2. The Hall–Kier alpha value is -3.43. The number of primary amides is 1. The van der Waals surface area contributed by atoms with E-state index in [0.29, 0.717) is 17.3 Å². The lowest BCUT2D eigenvalue weighted by Gasteiger charge is -2.22. The third kappa shape index (κ3) is 4.99. The molecule has 33 heavy (non-hydrogen) atoms. The van der Waals surface area contributed by atoms with Crippen LogP contribution in [0.5, 0.6) is 0 Å². The van der Waals surface area contributed by atoms with Crippen LogP contribution in [0.2, 0.25) is 0 Å². The SMILES string of the molecule is CN(C)CCN(C)c1ccc(Nc2nccc(-n3cc(C(N)=O)c4ccccc43)n2)c(Br)c1. The number of rotatable bonds is 8. The molecule has 2 heterocycles. The minimum absolute atomic E-state index is 0.445. The average molecular weight is 508 g/mol. The number of nitrogens with two attached hydrogens (primary N) is 1. The lowest BCUT2D eigenvalue weighted by Crippen LogP contribution is -2.28. The molecule has 4 rings (SSSR count). The van der Waals surface area contributed by atoms with Gasteiger partial charge in [-0.15, -0.1) is 0 Å². The molecule has 0 saturated carbocycles. The highest BCUT2D eigenvalue weighted by Crippen LogP contribution is 2.30. The van der Waals surface area contributed by atoms with Gasteiger partial charge in [0.1, 0.15) is 5.82 Å². The average Bonchev–Trinajstić information content (AvgIpc) is 3.19. The highest BCUT2D eigenvalue weighted by atomic mass is 79.9. The van der Waals surface area contributed by atoms with Crippen molar-refractivity contribution < 1.29 is 4.79 Å². The highest BCUT2D eigenvalue weighted by molar-refractivity contribution is 9.10. The molecule has 9 heteroatoms. The third-order valence-corrected chi connectivity index (χ3v) is 6.04. The zero-order chi connectivity index (χ0) is 23.5. The molecule has 0 radical (unpaired) electrons. The monoisotopic (exact) mass is 507 g/mol. The number of nitrogens with one attached hydrogen (secondary N) is 1. The Morgan fingerprint density at radius 2 is 1.91 bits per heavy atom. The van der Waals surface area contributed by atoms with Crippen LogP contribution in [0.4, 0.5) is 17.3 Å². The van der Waals surface area contributed by atoms with Crippen molar-refractivity contribution in [3.63, 3.8) is 0 Å². The quantitative estimate of drug-likeness (QED) is 0.374. The number of carbonyl (C=O) groups excluding carboxylic acids is 1. The predicted molar refractivity (Wildman–Crippen MR) is 137 cm³/mol. The zero-order valence-corrected chi connectivity index (χ0v) is 20.4. The first-order chi connectivity index (χ1) is 15.8. The Bertz CT molecular complexity index is 1300. The van der Waals surface area contributed by atoms with Gasteiger partial charge in [-0.2, -0.15) is 4.98 Å². The molecule has 0 fully saturated rings. The van der Waals surface area contributed by atoms with Gasteiger partial charge in [0, 0.05) is 48.1 Å². The molecule has 170 valence electrons. The first kappa shape index (κ1) is 22.8. The molecule has 2 aromatic heterocycles. The molecule has 0 atom stereocenters. The van der Waals surface area contributed by atoms with Crippen molar-refractivity contribution in [3.8, 4) is 5.82 Å². The fraction of sp³-hybridized carbons (Fsp3) is 0.208. The van der Waals surface area contributed by atoms with E-state index >= 15 is 0 Å². The number of para-hydroxylation sites is 1. The molecule has 1 amide bonds. The van der Waals surface area contributed by atoms with Crippen molar-refractivity contribution in [2.45, 2.75) is 0 Å². The summed E-state index contributed by atoms with van der Waals surface area (Å²) in [6, 6.07) is 15.5. The van der Waals surface area contributed by atoms with Gasteiger partial charge in [-0.05, 0) is 60.4 Å². The van der Waals surface area contributed by atoms with Crippen LogP contribution in [0.25, 0.3) is 16.7 Å². The molecular weight excluding hydrogens is 482 g/mol. The summed E-state index contributed by atoms with van der Waals surface area (Å²) >= 11 is 3.66. The molecule has 0 bridgehead atoms.